The lowest BCUT2D eigenvalue weighted by Crippen LogP contribution is -2.30. The Bertz CT molecular complexity index is 781. The van der Waals surface area contributed by atoms with Crippen LogP contribution >= 0.6 is 0 Å². The van der Waals surface area contributed by atoms with Crippen molar-refractivity contribution in [2.24, 2.45) is 13.0 Å². The van der Waals surface area contributed by atoms with Gasteiger partial charge < -0.3 is 10.0 Å². The van der Waals surface area contributed by atoms with Crippen LogP contribution in [0.1, 0.15) is 28.2 Å². The first-order valence-electron chi connectivity index (χ1n) is 7.21. The number of nitrogens with zero attached hydrogens (tertiary/aromatic N) is 4. The molecule has 1 aliphatic rings. The average molecular weight is 302 g/mol. The second-order valence-electron chi connectivity index (χ2n) is 5.78. The van der Waals surface area contributed by atoms with E-state index in [4.69, 9.17) is 5.11 Å². The standard InChI is InChI=1S/C15H18N4O3/c1-8-12(6-11-9(2)17-18(3)13(11)16-8)14(20)19-5-4-10(7-19)15(21)22/h6,10H,4-5,7H2,1-3H3,(H,21,22). The number of aromatic nitrogens is 3. The van der Waals surface area contributed by atoms with E-state index in [9.17, 15) is 9.59 Å². The van der Waals surface area contributed by atoms with Crippen LogP contribution in [0, 0.1) is 19.8 Å². The van der Waals surface area contributed by atoms with Gasteiger partial charge in [0.1, 0.15) is 0 Å². The Balaban J connectivity index is 1.96. The molecular formula is C15H18N4O3. The third kappa shape index (κ3) is 2.22. The van der Waals surface area contributed by atoms with Crippen molar-refractivity contribution in [3.8, 4) is 0 Å². The highest BCUT2D eigenvalue weighted by Crippen LogP contribution is 2.23. The first kappa shape index (κ1) is 14.5. The lowest BCUT2D eigenvalue weighted by atomic mass is 10.1. The number of fused-ring (bicyclic) bond motifs is 1. The van der Waals surface area contributed by atoms with E-state index >= 15 is 0 Å². The first-order valence-corrected chi connectivity index (χ1v) is 7.21. The molecule has 0 bridgehead atoms. The number of carbonyl (C=O) groups is 2. The van der Waals surface area contributed by atoms with Crippen LogP contribution < -0.4 is 0 Å². The third-order valence-corrected chi connectivity index (χ3v) is 4.24. The molecule has 116 valence electrons. The van der Waals surface area contributed by atoms with E-state index < -0.39 is 11.9 Å². The molecule has 0 aliphatic carbocycles. The van der Waals surface area contributed by atoms with Crippen molar-refractivity contribution in [3.05, 3.63) is 23.0 Å². The van der Waals surface area contributed by atoms with Crippen LogP contribution in [0.25, 0.3) is 11.0 Å². The molecule has 1 atom stereocenters. The van der Waals surface area contributed by atoms with E-state index in [0.717, 1.165) is 16.7 Å². The van der Waals surface area contributed by atoms with Crippen LogP contribution in [0.2, 0.25) is 0 Å². The Hall–Kier alpha value is -2.44. The molecule has 22 heavy (non-hydrogen) atoms. The first-order chi connectivity index (χ1) is 10.4. The summed E-state index contributed by atoms with van der Waals surface area (Å²) < 4.78 is 1.70. The van der Waals surface area contributed by atoms with Crippen molar-refractivity contribution < 1.29 is 14.7 Å². The molecule has 3 heterocycles. The Morgan fingerprint density at radius 2 is 2.05 bits per heavy atom. The van der Waals surface area contributed by atoms with E-state index in [2.05, 4.69) is 10.1 Å². The van der Waals surface area contributed by atoms with Crippen LogP contribution in [0.15, 0.2) is 6.07 Å². The van der Waals surface area contributed by atoms with E-state index in [1.807, 2.05) is 20.0 Å². The summed E-state index contributed by atoms with van der Waals surface area (Å²) in [5, 5.41) is 14.2. The third-order valence-electron chi connectivity index (χ3n) is 4.24. The van der Waals surface area contributed by atoms with Gasteiger partial charge in [0.25, 0.3) is 5.91 Å². The molecule has 0 spiro atoms. The minimum Gasteiger partial charge on any atom is -0.481 e. The maximum Gasteiger partial charge on any atom is 0.308 e. The molecule has 1 fully saturated rings. The number of rotatable bonds is 2. The molecule has 7 nitrogen and oxygen atoms in total. The molecule has 2 aromatic heterocycles. The lowest BCUT2D eigenvalue weighted by molar-refractivity contribution is -0.141. The van der Waals surface area contributed by atoms with Gasteiger partial charge in [-0.3, -0.25) is 14.3 Å². The number of hydrogen-bond acceptors (Lipinski definition) is 4. The van der Waals surface area contributed by atoms with Gasteiger partial charge in [-0.05, 0) is 26.3 Å². The zero-order valence-electron chi connectivity index (χ0n) is 12.8. The van der Waals surface area contributed by atoms with Crippen LogP contribution in [0.3, 0.4) is 0 Å². The van der Waals surface area contributed by atoms with Crippen molar-refractivity contribution in [2.75, 3.05) is 13.1 Å². The normalized spacial score (nSPS) is 18.1. The molecule has 1 unspecified atom stereocenters. The summed E-state index contributed by atoms with van der Waals surface area (Å²) in [5.41, 5.74) is 2.73. The Morgan fingerprint density at radius 3 is 2.68 bits per heavy atom. The Kier molecular flexibility index (Phi) is 3.35. The number of likely N-dealkylation sites (tertiary alicyclic amines) is 1. The second kappa shape index (κ2) is 5.08. The maximum atomic E-state index is 12.7. The zero-order valence-corrected chi connectivity index (χ0v) is 12.8. The molecular weight excluding hydrogens is 284 g/mol. The van der Waals surface area contributed by atoms with Crippen LogP contribution in [0.5, 0.6) is 0 Å². The van der Waals surface area contributed by atoms with Gasteiger partial charge in [-0.15, -0.1) is 0 Å². The number of carboxylic acids is 1. The molecule has 0 radical (unpaired) electrons. The van der Waals surface area contributed by atoms with Crippen molar-refractivity contribution in [1.29, 1.82) is 0 Å². The number of aliphatic carboxylic acids is 1. The summed E-state index contributed by atoms with van der Waals surface area (Å²) in [6, 6.07) is 1.82. The van der Waals surface area contributed by atoms with Gasteiger partial charge >= 0.3 is 5.97 Å². The second-order valence-corrected chi connectivity index (χ2v) is 5.78. The SMILES string of the molecule is Cc1nc2c(cc1C(=O)N1CCC(C(=O)O)C1)c(C)nn2C. The fourth-order valence-electron chi connectivity index (χ4n) is 2.96. The minimum atomic E-state index is -0.844. The Morgan fingerprint density at radius 1 is 1.32 bits per heavy atom. The zero-order chi connectivity index (χ0) is 16.0. The minimum absolute atomic E-state index is 0.154. The van der Waals surface area contributed by atoms with Crippen molar-refractivity contribution >= 4 is 22.9 Å². The largest absolute Gasteiger partial charge is 0.481 e. The predicted octanol–water partition coefficient (Wildman–Crippen LogP) is 1.13. The number of carbonyl (C=O) groups excluding carboxylic acids is 1. The van der Waals surface area contributed by atoms with Gasteiger partial charge in [-0.2, -0.15) is 5.10 Å². The van der Waals surface area contributed by atoms with Crippen LogP contribution in [0.4, 0.5) is 0 Å². The van der Waals surface area contributed by atoms with Gasteiger partial charge in [0.2, 0.25) is 0 Å². The predicted molar refractivity (Wildman–Crippen MR) is 79.6 cm³/mol. The van der Waals surface area contributed by atoms with Crippen molar-refractivity contribution in [1.82, 2.24) is 19.7 Å². The van der Waals surface area contributed by atoms with Crippen LogP contribution in [-0.2, 0) is 11.8 Å². The summed E-state index contributed by atoms with van der Waals surface area (Å²) in [4.78, 5) is 29.8. The van der Waals surface area contributed by atoms with E-state index in [1.54, 1.807) is 16.5 Å². The maximum absolute atomic E-state index is 12.7. The molecule has 1 amide bonds. The highest BCUT2D eigenvalue weighted by molar-refractivity contribution is 5.99. The molecule has 1 N–H and O–H groups in total. The molecule has 1 saturated heterocycles. The number of aryl methyl sites for hydroxylation is 3. The van der Waals surface area contributed by atoms with Gasteiger partial charge in [-0.1, -0.05) is 0 Å². The van der Waals surface area contributed by atoms with E-state index in [1.165, 1.54) is 0 Å². The van der Waals surface area contributed by atoms with Gasteiger partial charge in [-0.25, -0.2) is 4.98 Å². The molecule has 3 rings (SSSR count). The topological polar surface area (TPSA) is 88.3 Å². The van der Waals surface area contributed by atoms with Crippen molar-refractivity contribution in [2.45, 2.75) is 20.3 Å². The number of carboxylic acid groups (broad SMARTS) is 1. The lowest BCUT2D eigenvalue weighted by Gasteiger charge is -2.17. The average Bonchev–Trinajstić information content (AvgIpc) is 3.04. The highest BCUT2D eigenvalue weighted by Gasteiger charge is 2.32. The van der Waals surface area contributed by atoms with Gasteiger partial charge in [0.05, 0.1) is 22.9 Å². The van der Waals surface area contributed by atoms with Crippen molar-refractivity contribution in [3.63, 3.8) is 0 Å². The van der Waals surface area contributed by atoms with Crippen LogP contribution in [-0.4, -0.2) is 49.7 Å². The quantitative estimate of drug-likeness (QED) is 0.898. The monoisotopic (exact) mass is 302 g/mol. The summed E-state index contributed by atoms with van der Waals surface area (Å²) in [7, 11) is 1.82. The fraction of sp³-hybridized carbons (Fsp3) is 0.467. The summed E-state index contributed by atoms with van der Waals surface area (Å²) in [6.45, 7) is 4.40. The number of hydrogen-bond donors (Lipinski definition) is 1. The molecule has 1 aliphatic heterocycles. The summed E-state index contributed by atoms with van der Waals surface area (Å²) >= 11 is 0. The van der Waals surface area contributed by atoms with E-state index in [-0.39, 0.29) is 12.5 Å². The summed E-state index contributed by atoms with van der Waals surface area (Å²) in [5.74, 6) is -1.47. The van der Waals surface area contributed by atoms with E-state index in [0.29, 0.717) is 24.2 Å². The summed E-state index contributed by atoms with van der Waals surface area (Å²) in [6.07, 6.45) is 0.502. The highest BCUT2D eigenvalue weighted by atomic mass is 16.4. The molecule has 0 aromatic carbocycles. The van der Waals surface area contributed by atoms with Gasteiger partial charge in [0, 0.05) is 25.5 Å². The molecule has 0 saturated carbocycles. The number of amides is 1. The fourth-order valence-corrected chi connectivity index (χ4v) is 2.96. The van der Waals surface area contributed by atoms with Gasteiger partial charge in [0.15, 0.2) is 5.65 Å². The molecule has 2 aromatic rings. The molecule has 7 heteroatoms. The smallest absolute Gasteiger partial charge is 0.308 e. The Labute approximate surface area is 127 Å². The number of pyridine rings is 1.